The quantitative estimate of drug-likeness (QED) is 0.212. The highest BCUT2D eigenvalue weighted by atomic mass is 35.5. The number of nitrogens with zero attached hydrogens (tertiary/aromatic N) is 2. The number of ether oxygens (including phenoxy) is 3. The molecule has 158 valence electrons. The number of rotatable bonds is 8. The highest BCUT2D eigenvalue weighted by Crippen LogP contribution is 2.39. The Bertz CT molecular complexity index is 1010. The van der Waals surface area contributed by atoms with E-state index in [1.54, 1.807) is 6.07 Å². The maximum absolute atomic E-state index is 11.9. The van der Waals surface area contributed by atoms with E-state index in [0.717, 1.165) is 13.1 Å². The van der Waals surface area contributed by atoms with Crippen molar-refractivity contribution >= 4 is 47.0 Å². The Hall–Kier alpha value is -3.37. The minimum absolute atomic E-state index is 0.00900. The molecule has 1 amide bonds. The van der Waals surface area contributed by atoms with E-state index >= 15 is 0 Å². The van der Waals surface area contributed by atoms with Gasteiger partial charge in [-0.15, -0.1) is 0 Å². The fourth-order valence-corrected chi connectivity index (χ4v) is 2.70. The summed E-state index contributed by atoms with van der Waals surface area (Å²) in [6, 6.07) is 7.10. The van der Waals surface area contributed by atoms with Crippen LogP contribution in [0.4, 0.5) is 5.69 Å². The molecule has 10 nitrogen and oxygen atoms in total. The van der Waals surface area contributed by atoms with E-state index in [1.807, 2.05) is 0 Å². The van der Waals surface area contributed by atoms with Crippen LogP contribution in [0.25, 0.3) is 0 Å². The lowest BCUT2D eigenvalue weighted by atomic mass is 10.1. The fourth-order valence-electron chi connectivity index (χ4n) is 2.23. The molecule has 2 aromatic carbocycles. The minimum Gasteiger partial charge on any atom is -0.488 e. The first-order valence-corrected chi connectivity index (χ1v) is 8.92. The van der Waals surface area contributed by atoms with Gasteiger partial charge in [-0.05, 0) is 30.3 Å². The van der Waals surface area contributed by atoms with Crippen LogP contribution >= 0.6 is 23.2 Å². The second-order valence-electron chi connectivity index (χ2n) is 5.54. The molecule has 0 aromatic heterocycles. The normalized spacial score (nSPS) is 10.5. The van der Waals surface area contributed by atoms with Gasteiger partial charge in [0, 0.05) is 11.9 Å². The van der Waals surface area contributed by atoms with Gasteiger partial charge in [0.15, 0.2) is 12.4 Å². The largest absolute Gasteiger partial charge is 0.488 e. The van der Waals surface area contributed by atoms with Gasteiger partial charge >= 0.3 is 11.7 Å². The number of halogens is 2. The molecule has 2 rings (SSSR count). The molecule has 30 heavy (non-hydrogen) atoms. The third-order valence-electron chi connectivity index (χ3n) is 3.41. The van der Waals surface area contributed by atoms with Crippen molar-refractivity contribution in [2.24, 2.45) is 5.10 Å². The molecule has 1 N–H and O–H groups in total. The van der Waals surface area contributed by atoms with Crippen LogP contribution in [0.15, 0.2) is 35.4 Å². The van der Waals surface area contributed by atoms with Crippen LogP contribution in [0.2, 0.25) is 10.0 Å². The first kappa shape index (κ1) is 22.9. The number of hydrogen-bond donors (Lipinski definition) is 1. The van der Waals surface area contributed by atoms with Gasteiger partial charge in [0.1, 0.15) is 5.75 Å². The molecule has 0 aliphatic heterocycles. The number of nitrogens with one attached hydrogen (secondary N) is 1. The predicted molar refractivity (Wildman–Crippen MR) is 109 cm³/mol. The second-order valence-corrected chi connectivity index (χ2v) is 6.39. The average Bonchev–Trinajstić information content (AvgIpc) is 2.67. The molecule has 0 aliphatic rings. The van der Waals surface area contributed by atoms with E-state index in [0.29, 0.717) is 5.02 Å². The number of methoxy groups -OCH3 is 1. The van der Waals surface area contributed by atoms with Gasteiger partial charge in [-0.3, -0.25) is 19.7 Å². The van der Waals surface area contributed by atoms with Crippen molar-refractivity contribution in [3.8, 4) is 17.2 Å². The Balaban J connectivity index is 2.10. The SMILES string of the molecule is COc1c(OC(C)=O)ccc(/C=N/NC(=O)COc2ccc(Cl)cc2Cl)c1[N+](=O)[O-]. The zero-order valence-corrected chi connectivity index (χ0v) is 17.2. The van der Waals surface area contributed by atoms with Gasteiger partial charge in [-0.2, -0.15) is 5.10 Å². The average molecular weight is 456 g/mol. The third-order valence-corrected chi connectivity index (χ3v) is 3.94. The number of hydrogen-bond acceptors (Lipinski definition) is 8. The lowest BCUT2D eigenvalue weighted by Crippen LogP contribution is -2.24. The van der Waals surface area contributed by atoms with Crippen LogP contribution in [0.1, 0.15) is 12.5 Å². The van der Waals surface area contributed by atoms with Gasteiger partial charge in [0.05, 0.1) is 28.8 Å². The van der Waals surface area contributed by atoms with Crippen LogP contribution in [-0.2, 0) is 9.59 Å². The molecule has 2 aromatic rings. The van der Waals surface area contributed by atoms with E-state index in [2.05, 4.69) is 10.5 Å². The van der Waals surface area contributed by atoms with E-state index in [-0.39, 0.29) is 27.8 Å². The second kappa shape index (κ2) is 10.4. The number of nitro groups is 1. The number of amides is 1. The third kappa shape index (κ3) is 6.06. The summed E-state index contributed by atoms with van der Waals surface area (Å²) in [4.78, 5) is 33.7. The standard InChI is InChI=1S/C18H15Cl2N3O7/c1-10(24)30-15-5-3-11(17(23(26)27)18(15)28-2)8-21-22-16(25)9-29-14-6-4-12(19)7-13(14)20/h3-8H,9H2,1-2H3,(H,22,25)/b21-8+. The van der Waals surface area contributed by atoms with Crippen molar-refractivity contribution in [1.82, 2.24) is 5.43 Å². The topological polar surface area (TPSA) is 129 Å². The monoisotopic (exact) mass is 455 g/mol. The summed E-state index contributed by atoms with van der Waals surface area (Å²) in [5, 5.41) is 15.8. The summed E-state index contributed by atoms with van der Waals surface area (Å²) < 4.78 is 15.2. The highest BCUT2D eigenvalue weighted by Gasteiger charge is 2.25. The summed E-state index contributed by atoms with van der Waals surface area (Å²) in [5.74, 6) is -1.43. The molecule has 0 radical (unpaired) electrons. The molecule has 0 unspecified atom stereocenters. The molecular formula is C18H15Cl2N3O7. The molecule has 12 heteroatoms. The summed E-state index contributed by atoms with van der Waals surface area (Å²) in [7, 11) is 1.19. The minimum atomic E-state index is -0.722. The van der Waals surface area contributed by atoms with E-state index in [1.165, 1.54) is 31.4 Å². The zero-order chi connectivity index (χ0) is 22.3. The van der Waals surface area contributed by atoms with E-state index in [9.17, 15) is 19.7 Å². The maximum atomic E-state index is 11.9. The predicted octanol–water partition coefficient (Wildman–Crippen LogP) is 3.36. The summed E-state index contributed by atoms with van der Waals surface area (Å²) in [6.45, 7) is 0.741. The number of esters is 1. The van der Waals surface area contributed by atoms with Gasteiger partial charge in [-0.25, -0.2) is 5.43 Å². The number of hydrazone groups is 1. The van der Waals surface area contributed by atoms with Crippen LogP contribution in [0.5, 0.6) is 17.2 Å². The summed E-state index contributed by atoms with van der Waals surface area (Å²) in [5.41, 5.74) is 1.69. The molecule has 0 aliphatic carbocycles. The molecule has 0 atom stereocenters. The van der Waals surface area contributed by atoms with Crippen molar-refractivity contribution in [2.45, 2.75) is 6.92 Å². The number of carbonyl (C=O) groups excluding carboxylic acids is 2. The summed E-state index contributed by atoms with van der Waals surface area (Å²) >= 11 is 11.7. The van der Waals surface area contributed by atoms with Gasteiger partial charge in [0.25, 0.3) is 5.91 Å². The summed E-state index contributed by atoms with van der Waals surface area (Å²) in [6.07, 6.45) is 1.05. The molecule has 0 saturated heterocycles. The maximum Gasteiger partial charge on any atom is 0.323 e. The van der Waals surface area contributed by atoms with Crippen molar-refractivity contribution in [3.05, 3.63) is 56.1 Å². The molecule has 0 bridgehead atoms. The number of nitro benzene ring substituents is 1. The fraction of sp³-hybridized carbons (Fsp3) is 0.167. The van der Waals surface area contributed by atoms with Crippen LogP contribution in [-0.4, -0.2) is 36.7 Å². The lowest BCUT2D eigenvalue weighted by Gasteiger charge is -2.09. The van der Waals surface area contributed by atoms with Crippen molar-refractivity contribution in [3.63, 3.8) is 0 Å². The molecular weight excluding hydrogens is 441 g/mol. The Kier molecular flexibility index (Phi) is 7.96. The first-order valence-electron chi connectivity index (χ1n) is 8.16. The number of benzene rings is 2. The Morgan fingerprint density at radius 2 is 1.93 bits per heavy atom. The molecule has 0 saturated carbocycles. The van der Waals surface area contributed by atoms with Crippen molar-refractivity contribution in [1.29, 1.82) is 0 Å². The Morgan fingerprint density at radius 1 is 1.23 bits per heavy atom. The van der Waals surface area contributed by atoms with Crippen molar-refractivity contribution in [2.75, 3.05) is 13.7 Å². The van der Waals surface area contributed by atoms with E-state index < -0.39 is 29.1 Å². The zero-order valence-electron chi connectivity index (χ0n) is 15.7. The van der Waals surface area contributed by atoms with Crippen LogP contribution in [0, 0.1) is 10.1 Å². The van der Waals surface area contributed by atoms with Gasteiger partial charge in [-0.1, -0.05) is 23.2 Å². The molecule has 0 spiro atoms. The van der Waals surface area contributed by atoms with Gasteiger partial charge in [0.2, 0.25) is 5.75 Å². The highest BCUT2D eigenvalue weighted by molar-refractivity contribution is 6.35. The lowest BCUT2D eigenvalue weighted by molar-refractivity contribution is -0.385. The Morgan fingerprint density at radius 3 is 2.53 bits per heavy atom. The van der Waals surface area contributed by atoms with Gasteiger partial charge < -0.3 is 14.2 Å². The Labute approximate surface area is 180 Å². The molecule has 0 fully saturated rings. The first-order chi connectivity index (χ1) is 14.2. The molecule has 0 heterocycles. The van der Waals surface area contributed by atoms with Crippen LogP contribution < -0.4 is 19.6 Å². The van der Waals surface area contributed by atoms with Crippen LogP contribution in [0.3, 0.4) is 0 Å². The smallest absolute Gasteiger partial charge is 0.323 e. The number of carbonyl (C=O) groups is 2. The van der Waals surface area contributed by atoms with Crippen molar-refractivity contribution < 1.29 is 28.7 Å². The van der Waals surface area contributed by atoms with E-state index in [4.69, 9.17) is 37.4 Å².